The summed E-state index contributed by atoms with van der Waals surface area (Å²) >= 11 is 0. The number of hydrogen-bond donors (Lipinski definition) is 4. The summed E-state index contributed by atoms with van der Waals surface area (Å²) in [5, 5.41) is 19.3. The molecule has 1 unspecified atom stereocenters. The van der Waals surface area contributed by atoms with Gasteiger partial charge in [0.1, 0.15) is 12.2 Å². The van der Waals surface area contributed by atoms with Crippen molar-refractivity contribution in [2.45, 2.75) is 108 Å². The minimum absolute atomic E-state index is 0.0476. The molecule has 0 aromatic heterocycles. The Morgan fingerprint density at radius 1 is 0.794 bits per heavy atom. The van der Waals surface area contributed by atoms with Crippen LogP contribution in [0.5, 0.6) is 0 Å². The lowest BCUT2D eigenvalue weighted by Gasteiger charge is -2.40. The first-order valence-electron chi connectivity index (χ1n) is 11.3. The van der Waals surface area contributed by atoms with Crippen LogP contribution in [0.25, 0.3) is 0 Å². The van der Waals surface area contributed by atoms with Gasteiger partial charge in [0.05, 0.1) is 0 Å². The van der Waals surface area contributed by atoms with Crippen molar-refractivity contribution < 1.29 is 58.8 Å². The smallest absolute Gasteiger partial charge is 0.397 e. The van der Waals surface area contributed by atoms with Crippen molar-refractivity contribution in [3.8, 4) is 0 Å². The van der Waals surface area contributed by atoms with Crippen molar-refractivity contribution in [1.29, 1.82) is 0 Å². The van der Waals surface area contributed by atoms with Crippen molar-refractivity contribution in [2.24, 2.45) is 0 Å². The Bertz CT molecular complexity index is 799. The van der Waals surface area contributed by atoms with Gasteiger partial charge >= 0.3 is 26.8 Å². The Morgan fingerprint density at radius 3 is 1.68 bits per heavy atom. The molecule has 1 rings (SSSR count). The molecule has 5 atom stereocenters. The summed E-state index contributed by atoms with van der Waals surface area (Å²) in [7, 11) is -10.5. The van der Waals surface area contributed by atoms with Crippen molar-refractivity contribution in [1.82, 2.24) is 0 Å². The zero-order chi connectivity index (χ0) is 25.8. The van der Waals surface area contributed by atoms with Crippen LogP contribution in [0.1, 0.15) is 77.6 Å². The predicted molar refractivity (Wildman–Crippen MR) is 118 cm³/mol. The lowest BCUT2D eigenvalue weighted by atomic mass is 9.99. The summed E-state index contributed by atoms with van der Waals surface area (Å²) < 4.78 is 81.6. The molecule has 1 aliphatic heterocycles. The van der Waals surface area contributed by atoms with Crippen molar-refractivity contribution in [2.75, 3.05) is 6.61 Å². The van der Waals surface area contributed by atoms with Gasteiger partial charge in [0.15, 0.2) is 18.5 Å². The van der Waals surface area contributed by atoms with Crippen LogP contribution in [0.2, 0.25) is 0 Å². The summed E-state index contributed by atoms with van der Waals surface area (Å²) in [6, 6.07) is 0. The van der Waals surface area contributed by atoms with E-state index >= 15 is 0 Å². The number of unbranched alkanes of at least 4 members (excludes halogenated alkanes) is 10. The highest BCUT2D eigenvalue weighted by Crippen LogP contribution is 2.29. The van der Waals surface area contributed by atoms with Gasteiger partial charge in [-0.1, -0.05) is 71.1 Å². The third-order valence-electron chi connectivity index (χ3n) is 5.26. The van der Waals surface area contributed by atoms with Crippen LogP contribution in [-0.2, 0) is 43.4 Å². The highest BCUT2D eigenvalue weighted by atomic mass is 32.3. The molecule has 15 heteroatoms. The van der Waals surface area contributed by atoms with Gasteiger partial charge in [-0.2, -0.15) is 16.8 Å². The van der Waals surface area contributed by atoms with E-state index in [-0.39, 0.29) is 6.61 Å². The molecular formula is C19H36O13S2. The molecule has 0 spiro atoms. The fourth-order valence-corrected chi connectivity index (χ4v) is 4.61. The number of rotatable bonds is 18. The summed E-state index contributed by atoms with van der Waals surface area (Å²) in [6.07, 6.45) is 1.02. The van der Waals surface area contributed by atoms with E-state index in [4.69, 9.17) is 18.6 Å². The standard InChI is InChI=1S/C19H36O13S2/c1-2-3-4-5-6-7-8-9-10-11-12-13-29-19-17(32-34(26,27)28)15(31-33(23,24)25)14(20)16(30-19)18(21)22/h14-17,19-20H,2-13H2,1H3,(H,21,22)(H,23,24,25)(H,26,27,28)/t14-,15-,16-,17+,19?/m0/s1. The van der Waals surface area contributed by atoms with Gasteiger partial charge in [-0.25, -0.2) is 13.2 Å². The largest absolute Gasteiger partial charge is 0.479 e. The monoisotopic (exact) mass is 536 g/mol. The molecule has 13 nitrogen and oxygen atoms in total. The maximum Gasteiger partial charge on any atom is 0.397 e. The molecule has 0 bridgehead atoms. The average molecular weight is 537 g/mol. The minimum Gasteiger partial charge on any atom is -0.479 e. The number of aliphatic carboxylic acids is 1. The van der Waals surface area contributed by atoms with Crippen LogP contribution in [0.3, 0.4) is 0 Å². The summed E-state index contributed by atoms with van der Waals surface area (Å²) in [6.45, 7) is 2.12. The fourth-order valence-electron chi connectivity index (χ4n) is 3.62. The molecule has 0 aromatic rings. The van der Waals surface area contributed by atoms with E-state index in [0.717, 1.165) is 25.7 Å². The van der Waals surface area contributed by atoms with E-state index in [1.54, 1.807) is 0 Å². The fraction of sp³-hybridized carbons (Fsp3) is 0.947. The first-order chi connectivity index (χ1) is 15.9. The number of ether oxygens (including phenoxy) is 2. The van der Waals surface area contributed by atoms with Gasteiger partial charge in [0.25, 0.3) is 0 Å². The number of carboxylic acids is 1. The van der Waals surface area contributed by atoms with E-state index in [2.05, 4.69) is 15.3 Å². The van der Waals surface area contributed by atoms with E-state index < -0.39 is 57.5 Å². The SMILES string of the molecule is CCCCCCCCCCCCCOC1O[C@H](C(=O)O)[C@@H](O)[C@H](OS(=O)(=O)O)[C@H]1OS(=O)(=O)O. The lowest BCUT2D eigenvalue weighted by Crippen LogP contribution is -2.62. The van der Waals surface area contributed by atoms with Crippen LogP contribution in [-0.4, -0.2) is 79.4 Å². The summed E-state index contributed by atoms with van der Waals surface area (Å²) in [5.41, 5.74) is 0. The second-order valence-electron chi connectivity index (χ2n) is 8.14. The van der Waals surface area contributed by atoms with Gasteiger partial charge in [0, 0.05) is 6.61 Å². The van der Waals surface area contributed by atoms with Gasteiger partial charge in [-0.05, 0) is 6.42 Å². The van der Waals surface area contributed by atoms with Gasteiger partial charge in [-0.15, -0.1) is 0 Å². The first kappa shape index (κ1) is 31.1. The molecule has 1 aliphatic rings. The number of carboxylic acid groups (broad SMARTS) is 1. The Morgan fingerprint density at radius 2 is 1.24 bits per heavy atom. The lowest BCUT2D eigenvalue weighted by molar-refractivity contribution is -0.284. The van der Waals surface area contributed by atoms with E-state index in [1.165, 1.54) is 38.5 Å². The van der Waals surface area contributed by atoms with Gasteiger partial charge < -0.3 is 19.7 Å². The number of aliphatic hydroxyl groups excluding tert-OH is 1. The zero-order valence-corrected chi connectivity index (χ0v) is 20.8. The highest BCUT2D eigenvalue weighted by Gasteiger charge is 2.53. The molecule has 1 heterocycles. The number of carbonyl (C=O) groups is 1. The second-order valence-corrected chi connectivity index (χ2v) is 10.2. The molecule has 1 fully saturated rings. The molecule has 0 amide bonds. The molecule has 202 valence electrons. The van der Waals surface area contributed by atoms with Gasteiger partial charge in [-0.3, -0.25) is 9.11 Å². The van der Waals surface area contributed by atoms with Crippen LogP contribution in [0.15, 0.2) is 0 Å². The molecule has 1 saturated heterocycles. The Hall–Kier alpha value is -0.910. The molecule has 0 radical (unpaired) electrons. The molecule has 0 saturated carbocycles. The molecular weight excluding hydrogens is 500 g/mol. The van der Waals surface area contributed by atoms with Crippen LogP contribution in [0.4, 0.5) is 0 Å². The second kappa shape index (κ2) is 15.3. The maximum absolute atomic E-state index is 11.4. The van der Waals surface area contributed by atoms with Crippen molar-refractivity contribution in [3.63, 3.8) is 0 Å². The Kier molecular flexibility index (Phi) is 14.0. The van der Waals surface area contributed by atoms with Crippen molar-refractivity contribution >= 4 is 26.8 Å². The molecule has 0 aliphatic carbocycles. The molecule has 0 aromatic carbocycles. The maximum atomic E-state index is 11.4. The van der Waals surface area contributed by atoms with Gasteiger partial charge in [0.2, 0.25) is 0 Å². The third-order valence-corrected chi connectivity index (χ3v) is 6.19. The topological polar surface area (TPSA) is 203 Å². The third kappa shape index (κ3) is 12.7. The Balaban J connectivity index is 2.61. The van der Waals surface area contributed by atoms with Crippen LogP contribution < -0.4 is 0 Å². The Labute approximate surface area is 200 Å². The van der Waals surface area contributed by atoms with Crippen molar-refractivity contribution in [3.05, 3.63) is 0 Å². The zero-order valence-electron chi connectivity index (χ0n) is 19.2. The first-order valence-corrected chi connectivity index (χ1v) is 14.1. The number of aliphatic hydroxyl groups is 1. The van der Waals surface area contributed by atoms with E-state index in [9.17, 15) is 31.8 Å². The van der Waals surface area contributed by atoms with E-state index in [0.29, 0.717) is 6.42 Å². The highest BCUT2D eigenvalue weighted by molar-refractivity contribution is 7.81. The molecule has 4 N–H and O–H groups in total. The number of hydrogen-bond acceptors (Lipinski definition) is 10. The predicted octanol–water partition coefficient (Wildman–Crippen LogP) is 1.86. The van der Waals surface area contributed by atoms with E-state index in [1.807, 2.05) is 0 Å². The quantitative estimate of drug-likeness (QED) is 0.146. The van der Waals surface area contributed by atoms with Crippen LogP contribution >= 0.6 is 0 Å². The summed E-state index contributed by atoms with van der Waals surface area (Å²) in [5.74, 6) is -1.73. The van der Waals surface area contributed by atoms with Crippen LogP contribution in [0, 0.1) is 0 Å². The summed E-state index contributed by atoms with van der Waals surface area (Å²) in [4.78, 5) is 11.4. The normalized spacial score (nSPS) is 25.9. The minimum atomic E-state index is -5.29. The molecule has 34 heavy (non-hydrogen) atoms. The average Bonchev–Trinajstić information content (AvgIpc) is 2.70.